The number of carbonyl (C=O) groups excluding carboxylic acids is 2. The molecule has 7 N–H and O–H groups in total. The van der Waals surface area contributed by atoms with Gasteiger partial charge in [0.15, 0.2) is 11.5 Å². The van der Waals surface area contributed by atoms with E-state index in [1.807, 2.05) is 36.4 Å². The Morgan fingerprint density at radius 2 is 1.81 bits per heavy atom. The number of aromatic hydroxyl groups is 2. The second-order valence-corrected chi connectivity index (χ2v) is 20.1. The second-order valence-electron chi connectivity index (χ2n) is 17.5. The topological polar surface area (TPSA) is 178 Å². The highest BCUT2D eigenvalue weighted by Gasteiger charge is 2.35. The highest BCUT2D eigenvalue weighted by molar-refractivity contribution is 8.76. The largest absolute Gasteiger partial charge is 0.508 e. The molecule has 1 saturated heterocycles. The van der Waals surface area contributed by atoms with Crippen molar-refractivity contribution < 1.29 is 44.6 Å². The molecule has 0 spiro atoms. The van der Waals surface area contributed by atoms with Gasteiger partial charge in [-0.25, -0.2) is 0 Å². The van der Waals surface area contributed by atoms with Crippen molar-refractivity contribution in [2.75, 3.05) is 31.3 Å². The number of rotatable bonds is 13. The number of aryl methyl sites for hydroxylation is 1. The van der Waals surface area contributed by atoms with Crippen molar-refractivity contribution in [1.82, 2.24) is 5.32 Å². The zero-order valence-electron chi connectivity index (χ0n) is 35.9. The van der Waals surface area contributed by atoms with Crippen molar-refractivity contribution in [3.8, 4) is 28.4 Å². The van der Waals surface area contributed by atoms with Crippen LogP contribution in [-0.2, 0) is 27.4 Å². The number of fused-ring (bicyclic) bond motifs is 9. The maximum absolute atomic E-state index is 14.3. The minimum absolute atomic E-state index is 0.00339. The van der Waals surface area contributed by atoms with E-state index in [1.54, 1.807) is 39.8 Å². The van der Waals surface area contributed by atoms with Crippen LogP contribution in [0.3, 0.4) is 0 Å². The maximum Gasteiger partial charge on any atom is 0.168 e. The summed E-state index contributed by atoms with van der Waals surface area (Å²) in [5, 5.41) is 63.8. The van der Waals surface area contributed by atoms with Gasteiger partial charge in [-0.05, 0) is 134 Å². The van der Waals surface area contributed by atoms with Crippen molar-refractivity contribution in [2.45, 2.75) is 126 Å². The summed E-state index contributed by atoms with van der Waals surface area (Å²) in [6.45, 7) is 1.90. The van der Waals surface area contributed by atoms with Crippen LogP contribution in [0, 0.1) is 5.92 Å². The van der Waals surface area contributed by atoms with Crippen LogP contribution in [0.5, 0.6) is 17.2 Å². The van der Waals surface area contributed by atoms with E-state index in [0.29, 0.717) is 67.8 Å². The van der Waals surface area contributed by atoms with Gasteiger partial charge in [0.1, 0.15) is 23.5 Å². The number of anilines is 1. The van der Waals surface area contributed by atoms with Gasteiger partial charge in [-0.3, -0.25) is 14.9 Å². The third-order valence-electron chi connectivity index (χ3n) is 12.9. The fourth-order valence-electron chi connectivity index (χ4n) is 9.65. The molecule has 5 unspecified atom stereocenters. The summed E-state index contributed by atoms with van der Waals surface area (Å²) in [5.74, 6) is 0.682. The second kappa shape index (κ2) is 21.2. The van der Waals surface area contributed by atoms with Crippen LogP contribution in [0.2, 0.25) is 0 Å². The lowest BCUT2D eigenvalue weighted by molar-refractivity contribution is -0.127. The van der Waals surface area contributed by atoms with Crippen molar-refractivity contribution >= 4 is 49.6 Å². The Labute approximate surface area is 372 Å². The molecule has 4 aromatic carbocycles. The molecule has 13 heteroatoms. The van der Waals surface area contributed by atoms with E-state index in [-0.39, 0.29) is 60.2 Å². The van der Waals surface area contributed by atoms with Crippen molar-refractivity contribution in [3.63, 3.8) is 0 Å². The first kappa shape index (κ1) is 46.2. The van der Waals surface area contributed by atoms with Crippen molar-refractivity contribution in [1.29, 1.82) is 0 Å². The molecule has 4 aromatic rings. The molecule has 5 atom stereocenters. The molecule has 62 heavy (non-hydrogen) atoms. The molecule has 1 saturated carbocycles. The molecule has 0 radical (unpaired) electrons. The Kier molecular flexibility index (Phi) is 15.8. The SMILES string of the molecule is COc1c(O)ccc2c1-c1ccc3ccc(O)cc3c1C1CCC(CC(O)CSS1)C(OC(NCCCC1(O)CCCCC1)c1ccc(NCC(C)=O)c(CO)c1)CC(=O)CC2. The highest BCUT2D eigenvalue weighted by Crippen LogP contribution is 2.53. The van der Waals surface area contributed by atoms with E-state index in [0.717, 1.165) is 70.7 Å². The summed E-state index contributed by atoms with van der Waals surface area (Å²) in [4.78, 5) is 26.2. The van der Waals surface area contributed by atoms with Crippen molar-refractivity contribution in [2.24, 2.45) is 5.92 Å². The minimum Gasteiger partial charge on any atom is -0.508 e. The molecular formula is C49H62N2O9S2. The lowest BCUT2D eigenvalue weighted by Gasteiger charge is -2.34. The summed E-state index contributed by atoms with van der Waals surface area (Å²) in [6.07, 6.45) is 6.64. The lowest BCUT2D eigenvalue weighted by Crippen LogP contribution is -2.37. The highest BCUT2D eigenvalue weighted by atomic mass is 33.1. The van der Waals surface area contributed by atoms with Crippen LogP contribution in [0.4, 0.5) is 5.69 Å². The Morgan fingerprint density at radius 3 is 2.58 bits per heavy atom. The van der Waals surface area contributed by atoms with Crippen LogP contribution in [-0.4, -0.2) is 80.9 Å². The van der Waals surface area contributed by atoms with E-state index in [2.05, 4.69) is 16.7 Å². The molecule has 1 heterocycles. The Balaban J connectivity index is 1.28. The van der Waals surface area contributed by atoms with Gasteiger partial charge in [0.25, 0.3) is 0 Å². The molecule has 1 aliphatic heterocycles. The number of ether oxygens (including phenoxy) is 2. The zero-order chi connectivity index (χ0) is 43.8. The quantitative estimate of drug-likeness (QED) is 0.0385. The van der Waals surface area contributed by atoms with Gasteiger partial charge in [0.05, 0.1) is 38.1 Å². The Morgan fingerprint density at radius 1 is 1.00 bits per heavy atom. The number of aliphatic hydroxyl groups excluding tert-OH is 2. The van der Waals surface area contributed by atoms with Gasteiger partial charge in [0.2, 0.25) is 0 Å². The van der Waals surface area contributed by atoms with Crippen LogP contribution in [0.15, 0.2) is 60.7 Å². The first-order chi connectivity index (χ1) is 29.9. The molecule has 334 valence electrons. The number of phenols is 2. The van der Waals surface area contributed by atoms with Crippen LogP contribution >= 0.6 is 21.6 Å². The van der Waals surface area contributed by atoms with E-state index >= 15 is 0 Å². The third-order valence-corrected chi connectivity index (χ3v) is 15.8. The maximum atomic E-state index is 14.3. The average molecular weight is 887 g/mol. The minimum atomic E-state index is -0.693. The number of hydrogen-bond acceptors (Lipinski definition) is 13. The van der Waals surface area contributed by atoms with E-state index in [9.17, 15) is 35.1 Å². The molecule has 0 amide bonds. The summed E-state index contributed by atoms with van der Waals surface area (Å²) in [5.41, 5.74) is 4.77. The molecule has 2 bridgehead atoms. The van der Waals surface area contributed by atoms with E-state index in [1.165, 1.54) is 14.0 Å². The summed E-state index contributed by atoms with van der Waals surface area (Å²) >= 11 is 0. The summed E-state index contributed by atoms with van der Waals surface area (Å²) < 4.78 is 13.1. The number of hydrogen-bond donors (Lipinski definition) is 7. The molecule has 0 aromatic heterocycles. The number of nitrogens with one attached hydrogen (secondary N) is 2. The van der Waals surface area contributed by atoms with Crippen LogP contribution in [0.1, 0.15) is 118 Å². The molecule has 7 rings (SSSR count). The molecular weight excluding hydrogens is 825 g/mol. The van der Waals surface area contributed by atoms with Gasteiger partial charge in [-0.1, -0.05) is 71.2 Å². The fraction of sp³-hybridized carbons (Fsp3) is 0.510. The number of aliphatic hydroxyl groups is 3. The van der Waals surface area contributed by atoms with Crippen molar-refractivity contribution in [3.05, 3.63) is 82.9 Å². The van der Waals surface area contributed by atoms with Gasteiger partial charge >= 0.3 is 0 Å². The molecule has 3 aliphatic rings. The first-order valence-electron chi connectivity index (χ1n) is 22.2. The number of methoxy groups -OCH3 is 1. The monoisotopic (exact) mass is 886 g/mol. The molecule has 2 aliphatic carbocycles. The van der Waals surface area contributed by atoms with Gasteiger partial charge < -0.3 is 40.3 Å². The number of ketones is 2. The fourth-order valence-corrected chi connectivity index (χ4v) is 12.5. The predicted molar refractivity (Wildman–Crippen MR) is 248 cm³/mol. The van der Waals surface area contributed by atoms with E-state index < -0.39 is 24.0 Å². The Hall–Kier alpha value is -3.82. The van der Waals surface area contributed by atoms with Gasteiger partial charge in [0, 0.05) is 40.7 Å². The standard InChI is InChI=1S/C49H62N2O9S2/c1-30(53)27-51-41-16-10-34(23-35(41)28-52)48(50-22-6-21-49(58)19-4-3-5-20-49)60-43-26-37(55)14-8-32-11-17-42(57)47(59-2)45(32)39-15-9-31-7-13-36(54)25-40(31)46(39)44-18-12-33(43)24-38(56)29-61-62-44/h7,9-11,13,15-17,23,25,33,38,43-44,48,50-52,54,56-58H,3-6,8,12,14,18-22,24,26-29H2,1-2H3. The zero-order valence-corrected chi connectivity index (χ0v) is 37.5. The number of phenolic OH excluding ortho intramolecular Hbond substituents is 2. The number of carbonyl (C=O) groups is 2. The smallest absolute Gasteiger partial charge is 0.168 e. The number of Topliss-reactive ketones (excluding diaryl/α,β-unsaturated/α-hetero) is 2. The summed E-state index contributed by atoms with van der Waals surface area (Å²) in [7, 11) is 4.84. The van der Waals surface area contributed by atoms with Gasteiger partial charge in [-0.15, -0.1) is 0 Å². The number of benzene rings is 4. The normalized spacial score (nSPS) is 22.4. The van der Waals surface area contributed by atoms with Gasteiger partial charge in [-0.2, -0.15) is 0 Å². The molecule has 2 fully saturated rings. The predicted octanol–water partition coefficient (Wildman–Crippen LogP) is 9.06. The average Bonchev–Trinajstić information content (AvgIpc) is 3.35. The van der Waals surface area contributed by atoms with Crippen LogP contribution < -0.4 is 15.4 Å². The van der Waals surface area contributed by atoms with Crippen LogP contribution in [0.25, 0.3) is 21.9 Å². The van der Waals surface area contributed by atoms with E-state index in [4.69, 9.17) is 9.47 Å². The first-order valence-corrected chi connectivity index (χ1v) is 24.5. The lowest BCUT2D eigenvalue weighted by atomic mass is 9.82. The summed E-state index contributed by atoms with van der Waals surface area (Å²) in [6, 6.07) is 18.6. The molecule has 11 nitrogen and oxygen atoms in total. The Bertz CT molecular complexity index is 2190. The third kappa shape index (κ3) is 11.3.